The molecular weight excluding hydrogens is 424 g/mol. The second-order valence-corrected chi connectivity index (χ2v) is 8.18. The van der Waals surface area contributed by atoms with Crippen LogP contribution >= 0.6 is 0 Å². The SMILES string of the molecule is COc1cccc2c1nc(N)n1nc(CN(Cc3ccc(NC(=O)O)nc3)CC3CC3)nc21. The first-order valence-corrected chi connectivity index (χ1v) is 10.6. The third-order valence-corrected chi connectivity index (χ3v) is 5.60. The van der Waals surface area contributed by atoms with Gasteiger partial charge in [-0.25, -0.2) is 19.7 Å². The van der Waals surface area contributed by atoms with Crippen LogP contribution in [0.25, 0.3) is 16.6 Å². The van der Waals surface area contributed by atoms with Gasteiger partial charge in [0.2, 0.25) is 5.95 Å². The molecule has 0 bridgehead atoms. The van der Waals surface area contributed by atoms with Crippen LogP contribution < -0.4 is 15.8 Å². The number of benzene rings is 1. The Morgan fingerprint density at radius 1 is 1.27 bits per heavy atom. The molecule has 0 unspecified atom stereocenters. The lowest BCUT2D eigenvalue weighted by molar-refractivity contribution is 0.209. The zero-order chi connectivity index (χ0) is 22.9. The summed E-state index contributed by atoms with van der Waals surface area (Å²) in [7, 11) is 1.60. The summed E-state index contributed by atoms with van der Waals surface area (Å²) in [6.45, 7) is 2.11. The van der Waals surface area contributed by atoms with Crippen molar-refractivity contribution in [3.05, 3.63) is 47.9 Å². The molecule has 11 heteroatoms. The first-order valence-electron chi connectivity index (χ1n) is 10.6. The molecule has 0 radical (unpaired) electrons. The predicted molar refractivity (Wildman–Crippen MR) is 122 cm³/mol. The molecule has 33 heavy (non-hydrogen) atoms. The number of fused-ring (bicyclic) bond motifs is 3. The second-order valence-electron chi connectivity index (χ2n) is 8.18. The van der Waals surface area contributed by atoms with Crippen LogP contribution in [0.15, 0.2) is 36.5 Å². The number of pyridine rings is 1. The van der Waals surface area contributed by atoms with E-state index in [1.54, 1.807) is 23.9 Å². The number of para-hydroxylation sites is 1. The Kier molecular flexibility index (Phi) is 5.38. The van der Waals surface area contributed by atoms with Crippen LogP contribution in [0.2, 0.25) is 0 Å². The summed E-state index contributed by atoms with van der Waals surface area (Å²) < 4.78 is 6.99. The van der Waals surface area contributed by atoms with Crippen molar-refractivity contribution in [3.63, 3.8) is 0 Å². The van der Waals surface area contributed by atoms with E-state index in [9.17, 15) is 4.79 Å². The molecular formula is C22H24N8O3. The molecule has 0 aliphatic heterocycles. The zero-order valence-electron chi connectivity index (χ0n) is 18.1. The molecule has 1 amide bonds. The van der Waals surface area contributed by atoms with E-state index < -0.39 is 6.09 Å². The molecule has 0 saturated heterocycles. The molecule has 3 heterocycles. The molecule has 170 valence electrons. The average Bonchev–Trinajstić information content (AvgIpc) is 3.50. The number of carboxylic acid groups (broad SMARTS) is 1. The number of nitrogen functional groups attached to an aromatic ring is 1. The highest BCUT2D eigenvalue weighted by molar-refractivity contribution is 5.95. The Labute approximate surface area is 189 Å². The third-order valence-electron chi connectivity index (χ3n) is 5.60. The van der Waals surface area contributed by atoms with E-state index in [4.69, 9.17) is 20.6 Å². The first-order chi connectivity index (χ1) is 16.0. The predicted octanol–water partition coefficient (Wildman–Crippen LogP) is 2.77. The van der Waals surface area contributed by atoms with Crippen LogP contribution in [0.4, 0.5) is 16.6 Å². The average molecular weight is 448 g/mol. The monoisotopic (exact) mass is 448 g/mol. The fraction of sp³-hybridized carbons (Fsp3) is 0.318. The standard InChI is InChI=1S/C22H24N8O3/c1-33-16-4-2-3-15-19(16)27-21(23)30-20(15)25-18(28-30)12-29(10-13-5-6-13)11-14-7-8-17(24-9-14)26-22(31)32/h2-4,7-9,13H,5-6,10-12H2,1H3,(H2,23,27)(H,24,26)(H,31,32). The molecule has 1 aromatic carbocycles. The van der Waals surface area contributed by atoms with Crippen molar-refractivity contribution in [1.29, 1.82) is 0 Å². The fourth-order valence-corrected chi connectivity index (χ4v) is 3.91. The van der Waals surface area contributed by atoms with E-state index in [1.165, 1.54) is 12.8 Å². The van der Waals surface area contributed by atoms with Crippen molar-refractivity contribution in [2.24, 2.45) is 5.92 Å². The molecule has 4 aromatic rings. The number of rotatable bonds is 8. The Morgan fingerprint density at radius 3 is 2.82 bits per heavy atom. The lowest BCUT2D eigenvalue weighted by Crippen LogP contribution is -2.26. The Hall–Kier alpha value is -3.99. The second kappa shape index (κ2) is 8.51. The van der Waals surface area contributed by atoms with Crippen LogP contribution in [0.3, 0.4) is 0 Å². The van der Waals surface area contributed by atoms with Crippen LogP contribution in [0.1, 0.15) is 24.2 Å². The van der Waals surface area contributed by atoms with Crippen molar-refractivity contribution in [1.82, 2.24) is 29.5 Å². The van der Waals surface area contributed by atoms with Gasteiger partial charge in [0.15, 0.2) is 11.5 Å². The highest BCUT2D eigenvalue weighted by Gasteiger charge is 2.25. The highest BCUT2D eigenvalue weighted by atomic mass is 16.5. The van der Waals surface area contributed by atoms with Crippen molar-refractivity contribution >= 4 is 34.4 Å². The van der Waals surface area contributed by atoms with E-state index in [2.05, 4.69) is 25.3 Å². The number of hydrogen-bond acceptors (Lipinski definition) is 8. The maximum atomic E-state index is 10.8. The summed E-state index contributed by atoms with van der Waals surface area (Å²) >= 11 is 0. The van der Waals surface area contributed by atoms with Crippen LogP contribution in [0, 0.1) is 5.92 Å². The third kappa shape index (κ3) is 4.48. The van der Waals surface area contributed by atoms with Crippen LogP contribution in [-0.2, 0) is 13.1 Å². The fourth-order valence-electron chi connectivity index (χ4n) is 3.91. The number of carbonyl (C=O) groups is 1. The lowest BCUT2D eigenvalue weighted by Gasteiger charge is -2.20. The maximum Gasteiger partial charge on any atom is 0.410 e. The minimum absolute atomic E-state index is 0.250. The highest BCUT2D eigenvalue weighted by Crippen LogP contribution is 2.31. The van der Waals surface area contributed by atoms with Gasteiger partial charge in [0.05, 0.1) is 13.7 Å². The van der Waals surface area contributed by atoms with E-state index in [1.807, 2.05) is 24.3 Å². The van der Waals surface area contributed by atoms with Crippen molar-refractivity contribution in [2.75, 3.05) is 24.7 Å². The van der Waals surface area contributed by atoms with E-state index >= 15 is 0 Å². The van der Waals surface area contributed by atoms with Crippen LogP contribution in [-0.4, -0.2) is 54.3 Å². The molecule has 1 aliphatic rings. The first kappa shape index (κ1) is 20.9. The smallest absolute Gasteiger partial charge is 0.410 e. The largest absolute Gasteiger partial charge is 0.494 e. The molecule has 1 aliphatic carbocycles. The van der Waals surface area contributed by atoms with Gasteiger partial charge in [-0.1, -0.05) is 12.1 Å². The number of nitrogens with zero attached hydrogens (tertiary/aromatic N) is 6. The van der Waals surface area contributed by atoms with Gasteiger partial charge in [0, 0.05) is 24.7 Å². The molecule has 0 atom stereocenters. The summed E-state index contributed by atoms with van der Waals surface area (Å²) in [5.41, 5.74) is 8.45. The molecule has 4 N–H and O–H groups in total. The minimum atomic E-state index is -1.14. The molecule has 11 nitrogen and oxygen atoms in total. The molecule has 0 spiro atoms. The molecule has 1 fully saturated rings. The minimum Gasteiger partial charge on any atom is -0.494 e. The number of methoxy groups -OCH3 is 1. The number of anilines is 2. The number of hydrogen-bond donors (Lipinski definition) is 3. The Bertz CT molecular complexity index is 1320. The van der Waals surface area contributed by atoms with Gasteiger partial charge in [-0.15, -0.1) is 5.10 Å². The van der Waals surface area contributed by atoms with Gasteiger partial charge in [-0.05, 0) is 42.5 Å². The normalized spacial score (nSPS) is 13.6. The maximum absolute atomic E-state index is 10.8. The van der Waals surface area contributed by atoms with Gasteiger partial charge in [-0.3, -0.25) is 10.2 Å². The number of nitrogens with one attached hydrogen (secondary N) is 1. The number of aromatic nitrogens is 5. The molecule has 5 rings (SSSR count). The van der Waals surface area contributed by atoms with Gasteiger partial charge in [-0.2, -0.15) is 4.52 Å². The van der Waals surface area contributed by atoms with E-state index in [0.29, 0.717) is 47.6 Å². The number of ether oxygens (including phenoxy) is 1. The lowest BCUT2D eigenvalue weighted by atomic mass is 10.2. The molecule has 3 aromatic heterocycles. The summed E-state index contributed by atoms with van der Waals surface area (Å²) in [5.74, 6) is 2.50. The van der Waals surface area contributed by atoms with Gasteiger partial charge in [0.25, 0.3) is 0 Å². The summed E-state index contributed by atoms with van der Waals surface area (Å²) in [4.78, 5) is 26.5. The van der Waals surface area contributed by atoms with E-state index in [-0.39, 0.29) is 5.95 Å². The van der Waals surface area contributed by atoms with Crippen molar-refractivity contribution < 1.29 is 14.6 Å². The Balaban J connectivity index is 1.42. The van der Waals surface area contributed by atoms with Crippen molar-refractivity contribution in [3.8, 4) is 5.75 Å². The van der Waals surface area contributed by atoms with Gasteiger partial charge < -0.3 is 15.6 Å². The summed E-state index contributed by atoms with van der Waals surface area (Å²) in [6.07, 6.45) is 2.98. The quantitative estimate of drug-likeness (QED) is 0.370. The van der Waals surface area contributed by atoms with Crippen LogP contribution in [0.5, 0.6) is 5.75 Å². The summed E-state index contributed by atoms with van der Waals surface area (Å²) in [5, 5.41) is 16.5. The van der Waals surface area contributed by atoms with Gasteiger partial charge >= 0.3 is 6.09 Å². The van der Waals surface area contributed by atoms with Gasteiger partial charge in [0.1, 0.15) is 17.1 Å². The number of amides is 1. The molecule has 1 saturated carbocycles. The summed E-state index contributed by atoms with van der Waals surface area (Å²) in [6, 6.07) is 9.19. The number of nitrogens with two attached hydrogens (primary N) is 1. The van der Waals surface area contributed by atoms with Crippen molar-refractivity contribution in [2.45, 2.75) is 25.9 Å². The topological polar surface area (TPSA) is 144 Å². The van der Waals surface area contributed by atoms with E-state index in [0.717, 1.165) is 17.5 Å². The Morgan fingerprint density at radius 2 is 2.12 bits per heavy atom. The zero-order valence-corrected chi connectivity index (χ0v) is 18.1.